The van der Waals surface area contributed by atoms with Crippen LogP contribution in [0.2, 0.25) is 5.02 Å². The number of alkyl halides is 2. The van der Waals surface area contributed by atoms with Crippen molar-refractivity contribution < 1.29 is 21.6 Å². The minimum absolute atomic E-state index is 0.149. The number of nitrogens with one attached hydrogen (secondary N) is 2. The van der Waals surface area contributed by atoms with Crippen LogP contribution in [0.1, 0.15) is 35.6 Å². The lowest BCUT2D eigenvalue weighted by Crippen LogP contribution is -2.16. The third-order valence-corrected chi connectivity index (χ3v) is 5.71. The zero-order valence-electron chi connectivity index (χ0n) is 16.2. The van der Waals surface area contributed by atoms with Crippen LogP contribution in [0.4, 0.5) is 18.9 Å². The van der Waals surface area contributed by atoms with Gasteiger partial charge in [-0.25, -0.2) is 26.6 Å². The SMILES string of the molecule is Cc1[nH]c(C(Nc2cncc(C(C)(F)F)c2)c2ccc(F)c(Cl)c2)nc1S(C)(=O)=O. The molecule has 6 nitrogen and oxygen atoms in total. The quantitative estimate of drug-likeness (QED) is 0.562. The highest BCUT2D eigenvalue weighted by molar-refractivity contribution is 7.90. The molecule has 11 heteroatoms. The van der Waals surface area contributed by atoms with Gasteiger partial charge >= 0.3 is 0 Å². The van der Waals surface area contributed by atoms with Gasteiger partial charge in [0.05, 0.1) is 16.4 Å². The number of hydrogen-bond acceptors (Lipinski definition) is 5. The van der Waals surface area contributed by atoms with Gasteiger partial charge in [0.25, 0.3) is 5.92 Å². The zero-order chi connectivity index (χ0) is 22.3. The van der Waals surface area contributed by atoms with Gasteiger partial charge in [0.1, 0.15) is 17.7 Å². The molecular weight excluding hydrogens is 441 g/mol. The van der Waals surface area contributed by atoms with Gasteiger partial charge in [-0.05, 0) is 30.7 Å². The molecule has 0 spiro atoms. The van der Waals surface area contributed by atoms with Crippen LogP contribution in [0.15, 0.2) is 41.7 Å². The summed E-state index contributed by atoms with van der Waals surface area (Å²) >= 11 is 5.90. The van der Waals surface area contributed by atoms with E-state index >= 15 is 0 Å². The van der Waals surface area contributed by atoms with E-state index in [1.807, 2.05) is 0 Å². The van der Waals surface area contributed by atoms with Crippen molar-refractivity contribution in [3.05, 3.63) is 70.1 Å². The summed E-state index contributed by atoms with van der Waals surface area (Å²) < 4.78 is 65.0. The van der Waals surface area contributed by atoms with E-state index in [4.69, 9.17) is 11.6 Å². The summed E-state index contributed by atoms with van der Waals surface area (Å²) in [5, 5.41) is 2.69. The maximum atomic E-state index is 13.7. The van der Waals surface area contributed by atoms with Crippen LogP contribution in [0.3, 0.4) is 0 Å². The summed E-state index contributed by atoms with van der Waals surface area (Å²) in [7, 11) is -3.61. The molecule has 2 aromatic heterocycles. The van der Waals surface area contributed by atoms with Crippen LogP contribution in [0.5, 0.6) is 0 Å². The Labute approximate surface area is 176 Å². The van der Waals surface area contributed by atoms with Crippen LogP contribution < -0.4 is 5.32 Å². The molecule has 0 bridgehead atoms. The average Bonchev–Trinajstić information content (AvgIpc) is 3.03. The summed E-state index contributed by atoms with van der Waals surface area (Å²) in [5.74, 6) is -3.56. The van der Waals surface area contributed by atoms with Gasteiger partial charge < -0.3 is 10.3 Å². The molecule has 2 N–H and O–H groups in total. The minimum Gasteiger partial charge on any atom is -0.370 e. The predicted molar refractivity (Wildman–Crippen MR) is 107 cm³/mol. The van der Waals surface area contributed by atoms with Crippen molar-refractivity contribution in [1.82, 2.24) is 15.0 Å². The molecule has 1 unspecified atom stereocenters. The van der Waals surface area contributed by atoms with Crippen molar-refractivity contribution in [1.29, 1.82) is 0 Å². The highest BCUT2D eigenvalue weighted by atomic mass is 35.5. The number of hydrogen-bond donors (Lipinski definition) is 2. The van der Waals surface area contributed by atoms with E-state index in [0.717, 1.165) is 25.4 Å². The maximum Gasteiger partial charge on any atom is 0.272 e. The largest absolute Gasteiger partial charge is 0.370 e. The highest BCUT2D eigenvalue weighted by Crippen LogP contribution is 2.32. The molecule has 0 saturated heterocycles. The number of anilines is 1. The molecule has 3 aromatic rings. The summed E-state index contributed by atoms with van der Waals surface area (Å²) in [6.07, 6.45) is 3.41. The molecule has 0 aliphatic carbocycles. The van der Waals surface area contributed by atoms with Crippen molar-refractivity contribution in [2.24, 2.45) is 0 Å². The number of aromatic nitrogens is 3. The fourth-order valence-electron chi connectivity index (χ4n) is 2.89. The monoisotopic (exact) mass is 458 g/mol. The second kappa shape index (κ2) is 7.92. The second-order valence-corrected chi connectivity index (χ2v) is 9.26. The number of H-pyrrole nitrogens is 1. The molecule has 0 aliphatic rings. The maximum absolute atomic E-state index is 13.7. The third-order valence-electron chi connectivity index (χ3n) is 4.32. The van der Waals surface area contributed by atoms with Gasteiger partial charge in [-0.15, -0.1) is 0 Å². The van der Waals surface area contributed by atoms with Crippen molar-refractivity contribution in [2.45, 2.75) is 30.8 Å². The molecule has 30 heavy (non-hydrogen) atoms. The normalized spacial score (nSPS) is 13.3. The smallest absolute Gasteiger partial charge is 0.272 e. The molecule has 0 saturated carbocycles. The number of imidazole rings is 1. The Balaban J connectivity index is 2.11. The van der Waals surface area contributed by atoms with Crippen LogP contribution in [-0.4, -0.2) is 29.6 Å². The van der Waals surface area contributed by atoms with E-state index in [9.17, 15) is 21.6 Å². The molecule has 3 rings (SSSR count). The van der Waals surface area contributed by atoms with E-state index in [-0.39, 0.29) is 27.1 Å². The fourth-order valence-corrected chi connectivity index (χ4v) is 3.95. The third kappa shape index (κ3) is 4.76. The Morgan fingerprint density at radius 3 is 2.50 bits per heavy atom. The molecule has 1 atom stereocenters. The summed E-state index contributed by atoms with van der Waals surface area (Å²) in [6, 6.07) is 4.30. The van der Waals surface area contributed by atoms with E-state index in [0.29, 0.717) is 11.3 Å². The predicted octanol–water partition coefficient (Wildman–Crippen LogP) is 4.62. The molecule has 2 heterocycles. The summed E-state index contributed by atoms with van der Waals surface area (Å²) in [6.45, 7) is 2.29. The molecule has 0 amide bonds. The van der Waals surface area contributed by atoms with Gasteiger partial charge in [-0.1, -0.05) is 17.7 Å². The second-order valence-electron chi connectivity index (χ2n) is 6.93. The Bertz CT molecular complexity index is 1190. The molecule has 0 aliphatic heterocycles. The zero-order valence-corrected chi connectivity index (χ0v) is 17.7. The number of aryl methyl sites for hydroxylation is 1. The first kappa shape index (κ1) is 22.1. The number of benzene rings is 1. The van der Waals surface area contributed by atoms with E-state index in [1.54, 1.807) is 6.92 Å². The molecule has 1 aromatic carbocycles. The molecule has 0 radical (unpaired) electrons. The van der Waals surface area contributed by atoms with Crippen molar-refractivity contribution >= 4 is 27.1 Å². The Kier molecular flexibility index (Phi) is 5.83. The Morgan fingerprint density at radius 1 is 1.23 bits per heavy atom. The highest BCUT2D eigenvalue weighted by Gasteiger charge is 2.27. The topological polar surface area (TPSA) is 87.7 Å². The molecular formula is C19H18ClF3N4O2S. The average molecular weight is 459 g/mol. The van der Waals surface area contributed by atoms with Gasteiger partial charge in [-0.2, -0.15) is 0 Å². The Morgan fingerprint density at radius 2 is 1.93 bits per heavy atom. The van der Waals surface area contributed by atoms with Crippen LogP contribution in [0.25, 0.3) is 0 Å². The number of halogens is 4. The van der Waals surface area contributed by atoms with Crippen LogP contribution >= 0.6 is 11.6 Å². The van der Waals surface area contributed by atoms with Gasteiger partial charge in [0, 0.05) is 31.1 Å². The van der Waals surface area contributed by atoms with Crippen LogP contribution in [0, 0.1) is 12.7 Å². The van der Waals surface area contributed by atoms with E-state index < -0.39 is 27.6 Å². The molecule has 0 fully saturated rings. The lowest BCUT2D eigenvalue weighted by Gasteiger charge is -2.20. The number of aromatic amines is 1. The standard InChI is InChI=1S/C19H18ClF3N4O2S/c1-10-18(30(3,28)29)27-17(25-10)16(11-4-5-15(21)14(20)6-11)26-13-7-12(8-24-9-13)19(2,22)23/h4-9,16,26H,1-3H3,(H,25,27). The van der Waals surface area contributed by atoms with Crippen molar-refractivity contribution in [3.63, 3.8) is 0 Å². The fraction of sp³-hybridized carbons (Fsp3) is 0.263. The lowest BCUT2D eigenvalue weighted by atomic mass is 10.1. The first-order chi connectivity index (χ1) is 13.9. The number of nitrogens with zero attached hydrogens (tertiary/aromatic N) is 2. The van der Waals surface area contributed by atoms with Crippen molar-refractivity contribution in [2.75, 3.05) is 11.6 Å². The number of sulfone groups is 1. The van der Waals surface area contributed by atoms with Gasteiger partial charge in [0.15, 0.2) is 14.9 Å². The summed E-state index contributed by atoms with van der Waals surface area (Å²) in [4.78, 5) is 10.9. The summed E-state index contributed by atoms with van der Waals surface area (Å²) in [5.41, 5.74) is 0.661. The number of pyridine rings is 1. The Hall–Kier alpha value is -2.59. The van der Waals surface area contributed by atoms with Crippen molar-refractivity contribution in [3.8, 4) is 0 Å². The minimum atomic E-state index is -3.61. The van der Waals surface area contributed by atoms with E-state index in [2.05, 4.69) is 20.3 Å². The van der Waals surface area contributed by atoms with E-state index in [1.165, 1.54) is 24.4 Å². The lowest BCUT2D eigenvalue weighted by molar-refractivity contribution is 0.0172. The molecule has 160 valence electrons. The van der Waals surface area contributed by atoms with Gasteiger partial charge in [0.2, 0.25) is 0 Å². The first-order valence-corrected chi connectivity index (χ1v) is 10.9. The first-order valence-electron chi connectivity index (χ1n) is 8.67. The number of rotatable bonds is 6. The van der Waals surface area contributed by atoms with Crippen LogP contribution in [-0.2, 0) is 15.8 Å². The van der Waals surface area contributed by atoms with Gasteiger partial charge in [-0.3, -0.25) is 4.98 Å².